The zero-order valence-corrected chi connectivity index (χ0v) is 16.2. The van der Waals surface area contributed by atoms with E-state index in [1.54, 1.807) is 0 Å². The number of aromatic nitrogens is 2. The van der Waals surface area contributed by atoms with Crippen molar-refractivity contribution in [2.75, 3.05) is 0 Å². The molecule has 3 aromatic rings. The molecule has 0 aliphatic rings. The molecule has 0 bridgehead atoms. The number of halogens is 2. The van der Waals surface area contributed by atoms with Gasteiger partial charge in [-0.25, -0.2) is 4.98 Å². The Morgan fingerprint density at radius 3 is 2.67 bits per heavy atom. The molecule has 3 rings (SSSR count). The summed E-state index contributed by atoms with van der Waals surface area (Å²) in [5.74, 6) is 0. The molecule has 2 nitrogen and oxygen atoms in total. The molecule has 2 heterocycles. The fourth-order valence-corrected chi connectivity index (χ4v) is 5.10. The summed E-state index contributed by atoms with van der Waals surface area (Å²) in [7, 11) is -0.118. The summed E-state index contributed by atoms with van der Waals surface area (Å²) < 4.78 is 4.51. The van der Waals surface area contributed by atoms with Crippen LogP contribution in [-0.2, 0) is 0 Å². The molecule has 0 saturated heterocycles. The van der Waals surface area contributed by atoms with Gasteiger partial charge in [0.2, 0.25) is 0 Å². The first-order valence-corrected chi connectivity index (χ1v) is 9.63. The molecule has 0 radical (unpaired) electrons. The average Bonchev–Trinajstić information content (AvgIpc) is 2.79. The molecule has 0 amide bonds. The van der Waals surface area contributed by atoms with Crippen LogP contribution in [0.3, 0.4) is 0 Å². The third kappa shape index (κ3) is 2.96. The maximum Gasteiger partial charge on any atom is 0.150 e. The number of pyridine rings is 1. The van der Waals surface area contributed by atoms with Gasteiger partial charge in [-0.2, -0.15) is 0 Å². The quantitative estimate of drug-likeness (QED) is 0.349. The molecular weight excluding hydrogens is 459 g/mol. The number of rotatable bonds is 2. The van der Waals surface area contributed by atoms with Crippen LogP contribution in [0.15, 0.2) is 52.1 Å². The summed E-state index contributed by atoms with van der Waals surface area (Å²) in [6, 6.07) is 10.9. The molecule has 1 unspecified atom stereocenters. The molecule has 108 valence electrons. The van der Waals surface area contributed by atoms with Gasteiger partial charge in [-0.05, 0) is 75.9 Å². The van der Waals surface area contributed by atoms with E-state index in [1.165, 1.54) is 19.4 Å². The van der Waals surface area contributed by atoms with E-state index < -0.39 is 0 Å². The smallest absolute Gasteiger partial charge is 0.150 e. The largest absolute Gasteiger partial charge is 0.276 e. The summed E-state index contributed by atoms with van der Waals surface area (Å²) >= 11 is 5.88. The van der Waals surface area contributed by atoms with Gasteiger partial charge in [-0.15, -0.1) is 0 Å². The van der Waals surface area contributed by atoms with Crippen LogP contribution in [0.25, 0.3) is 11.0 Å². The van der Waals surface area contributed by atoms with Gasteiger partial charge in [0, 0.05) is 30.7 Å². The monoisotopic (exact) mass is 472 g/mol. The SMILES string of the molecule is C/C=S(\c1ccc(C)cc1)n1cc(I)c2cc(Br)cnc21. The summed E-state index contributed by atoms with van der Waals surface area (Å²) in [6.07, 6.45) is 4.05. The van der Waals surface area contributed by atoms with E-state index in [2.05, 4.69) is 103 Å². The number of benzene rings is 1. The van der Waals surface area contributed by atoms with Crippen LogP contribution in [0, 0.1) is 10.5 Å². The first kappa shape index (κ1) is 15.2. The normalized spacial score (nSPS) is 13.0. The molecular formula is C16H14BrIN2S. The van der Waals surface area contributed by atoms with Crippen LogP contribution >= 0.6 is 49.2 Å². The fraction of sp³-hybridized carbons (Fsp3) is 0.125. The van der Waals surface area contributed by atoms with Gasteiger partial charge in [0.15, 0.2) is 5.65 Å². The minimum Gasteiger partial charge on any atom is -0.276 e. The number of nitrogens with zero attached hydrogens (tertiary/aromatic N) is 2. The number of hydrogen-bond donors (Lipinski definition) is 0. The van der Waals surface area contributed by atoms with Gasteiger partial charge in [0.05, 0.1) is 0 Å². The van der Waals surface area contributed by atoms with Crippen molar-refractivity contribution < 1.29 is 0 Å². The summed E-state index contributed by atoms with van der Waals surface area (Å²) in [5, 5.41) is 3.43. The molecule has 1 atom stereocenters. The Balaban J connectivity index is 2.20. The first-order valence-electron chi connectivity index (χ1n) is 6.52. The van der Waals surface area contributed by atoms with E-state index in [9.17, 15) is 0 Å². The number of hydrogen-bond acceptors (Lipinski definition) is 1. The summed E-state index contributed by atoms with van der Waals surface area (Å²) in [4.78, 5) is 5.92. The van der Waals surface area contributed by atoms with E-state index in [0.29, 0.717) is 0 Å². The highest BCUT2D eigenvalue weighted by molar-refractivity contribution is 14.1. The fourth-order valence-electron chi connectivity index (χ4n) is 2.21. The van der Waals surface area contributed by atoms with Crippen LogP contribution in [0.5, 0.6) is 0 Å². The van der Waals surface area contributed by atoms with Crippen LogP contribution in [0.2, 0.25) is 0 Å². The van der Waals surface area contributed by atoms with Crippen molar-refractivity contribution >= 4 is 65.6 Å². The lowest BCUT2D eigenvalue weighted by Gasteiger charge is -2.12. The molecule has 21 heavy (non-hydrogen) atoms. The number of aryl methyl sites for hydroxylation is 1. The lowest BCUT2D eigenvalue weighted by Crippen LogP contribution is -1.93. The highest BCUT2D eigenvalue weighted by Crippen LogP contribution is 2.35. The van der Waals surface area contributed by atoms with Gasteiger partial charge < -0.3 is 0 Å². The van der Waals surface area contributed by atoms with Gasteiger partial charge in [0.25, 0.3) is 0 Å². The highest BCUT2D eigenvalue weighted by atomic mass is 127. The van der Waals surface area contributed by atoms with Crippen molar-refractivity contribution in [2.45, 2.75) is 18.7 Å². The van der Waals surface area contributed by atoms with Crippen molar-refractivity contribution in [1.82, 2.24) is 8.96 Å². The van der Waals surface area contributed by atoms with Crippen molar-refractivity contribution in [3.8, 4) is 0 Å². The Labute approximate surface area is 148 Å². The second-order valence-corrected chi connectivity index (χ2v) is 8.73. The van der Waals surface area contributed by atoms with Crippen LogP contribution in [-0.4, -0.2) is 14.3 Å². The standard InChI is InChI=1S/C16H14BrIN2S/c1-3-21(13-6-4-11(2)5-7-13)20-10-15(18)14-8-12(17)9-19-16(14)20/h3-10H,1-2H3. The zero-order valence-electron chi connectivity index (χ0n) is 11.7. The predicted molar refractivity (Wildman–Crippen MR) is 104 cm³/mol. The van der Waals surface area contributed by atoms with Gasteiger partial charge in [-0.1, -0.05) is 28.4 Å². The molecule has 0 spiro atoms. The van der Waals surface area contributed by atoms with Gasteiger partial charge >= 0.3 is 0 Å². The Kier molecular flexibility index (Phi) is 4.51. The first-order chi connectivity index (χ1) is 10.1. The molecule has 0 saturated carbocycles. The van der Waals surface area contributed by atoms with E-state index >= 15 is 0 Å². The van der Waals surface area contributed by atoms with Crippen molar-refractivity contribution in [3.05, 3.63) is 56.3 Å². The van der Waals surface area contributed by atoms with Crippen molar-refractivity contribution in [2.24, 2.45) is 0 Å². The molecule has 5 heteroatoms. The maximum absolute atomic E-state index is 4.61. The Morgan fingerprint density at radius 1 is 1.29 bits per heavy atom. The summed E-state index contributed by atoms with van der Waals surface area (Å²) in [6.45, 7) is 4.23. The molecule has 0 N–H and O–H groups in total. The van der Waals surface area contributed by atoms with Crippen LogP contribution < -0.4 is 0 Å². The van der Waals surface area contributed by atoms with E-state index in [0.717, 1.165) is 10.1 Å². The Hall–Kier alpha value is -0.660. The second kappa shape index (κ2) is 6.22. The second-order valence-electron chi connectivity index (χ2n) is 4.69. The predicted octanol–water partition coefficient (Wildman–Crippen LogP) is 5.63. The topological polar surface area (TPSA) is 17.8 Å². The van der Waals surface area contributed by atoms with Crippen LogP contribution in [0.4, 0.5) is 0 Å². The van der Waals surface area contributed by atoms with Gasteiger partial charge in [0.1, 0.15) is 0 Å². The zero-order chi connectivity index (χ0) is 15.0. The molecule has 0 aliphatic heterocycles. The van der Waals surface area contributed by atoms with Gasteiger partial charge in [-0.3, -0.25) is 3.97 Å². The Morgan fingerprint density at radius 2 is 2.00 bits per heavy atom. The average molecular weight is 473 g/mol. The lowest BCUT2D eigenvalue weighted by molar-refractivity contribution is 1.23. The molecule has 0 aliphatic carbocycles. The van der Waals surface area contributed by atoms with E-state index in [4.69, 9.17) is 0 Å². The number of fused-ring (bicyclic) bond motifs is 1. The third-order valence-corrected chi connectivity index (χ3v) is 6.42. The molecule has 1 aromatic carbocycles. The van der Waals surface area contributed by atoms with E-state index in [1.807, 2.05) is 6.20 Å². The van der Waals surface area contributed by atoms with Crippen molar-refractivity contribution in [3.63, 3.8) is 0 Å². The maximum atomic E-state index is 4.61. The highest BCUT2D eigenvalue weighted by Gasteiger charge is 2.11. The lowest BCUT2D eigenvalue weighted by atomic mass is 10.2. The Bertz CT molecular complexity index is 837. The molecule has 0 fully saturated rings. The van der Waals surface area contributed by atoms with Crippen LogP contribution in [0.1, 0.15) is 12.5 Å². The van der Waals surface area contributed by atoms with Crippen molar-refractivity contribution in [1.29, 1.82) is 0 Å². The minimum atomic E-state index is -0.118. The molecule has 2 aromatic heterocycles. The third-order valence-electron chi connectivity index (χ3n) is 3.23. The van der Waals surface area contributed by atoms with E-state index in [-0.39, 0.29) is 10.7 Å². The summed E-state index contributed by atoms with van der Waals surface area (Å²) in [5.41, 5.74) is 2.32. The minimum absolute atomic E-state index is 0.118.